The van der Waals surface area contributed by atoms with Crippen LogP contribution in [-0.4, -0.2) is 52.5 Å². The van der Waals surface area contributed by atoms with Crippen LogP contribution in [0.1, 0.15) is 62.7 Å². The zero-order chi connectivity index (χ0) is 31.9. The molecule has 0 unspecified atom stereocenters. The molecule has 0 spiro atoms. The minimum Gasteiger partial charge on any atom is -0.462 e. The monoisotopic (exact) mass is 604 g/mol. The fourth-order valence-electron chi connectivity index (χ4n) is 5.42. The predicted molar refractivity (Wildman–Crippen MR) is 171 cm³/mol. The number of nitrogens with two attached hydrogens (primary N) is 1. The van der Waals surface area contributed by atoms with Crippen molar-refractivity contribution in [3.63, 3.8) is 0 Å². The topological polar surface area (TPSA) is 143 Å². The molecule has 230 valence electrons. The van der Waals surface area contributed by atoms with Crippen molar-refractivity contribution in [1.29, 1.82) is 5.26 Å². The summed E-state index contributed by atoms with van der Waals surface area (Å²) in [6.07, 6.45) is 3.21. The Hall–Kier alpha value is -5.27. The van der Waals surface area contributed by atoms with E-state index in [1.54, 1.807) is 31.2 Å². The minimum absolute atomic E-state index is 0.125. The van der Waals surface area contributed by atoms with Gasteiger partial charge in [0.1, 0.15) is 11.3 Å². The maximum Gasteiger partial charge on any atom is 0.345 e. The first-order valence-electron chi connectivity index (χ1n) is 15.0. The Morgan fingerprint density at radius 3 is 2.29 bits per heavy atom. The van der Waals surface area contributed by atoms with E-state index in [2.05, 4.69) is 26.3 Å². The van der Waals surface area contributed by atoms with Gasteiger partial charge in [0, 0.05) is 31.2 Å². The average molecular weight is 605 g/mol. The summed E-state index contributed by atoms with van der Waals surface area (Å²) >= 11 is 0. The van der Waals surface area contributed by atoms with Gasteiger partial charge in [-0.3, -0.25) is 9.69 Å². The Labute approximate surface area is 262 Å². The largest absolute Gasteiger partial charge is 0.462 e. The lowest BCUT2D eigenvalue weighted by atomic mass is 9.99. The molecule has 0 atom stereocenters. The van der Waals surface area contributed by atoms with Crippen molar-refractivity contribution in [2.45, 2.75) is 46.2 Å². The molecule has 1 saturated heterocycles. The number of aryl methyl sites for hydroxylation is 2. The number of piperidine rings is 1. The van der Waals surface area contributed by atoms with Crippen LogP contribution in [0.15, 0.2) is 66.9 Å². The van der Waals surface area contributed by atoms with E-state index in [4.69, 9.17) is 20.5 Å². The Kier molecular flexibility index (Phi) is 9.70. The third kappa shape index (κ3) is 7.63. The predicted octanol–water partition coefficient (Wildman–Crippen LogP) is 5.78. The summed E-state index contributed by atoms with van der Waals surface area (Å²) in [4.78, 5) is 35.6. The number of likely N-dealkylation sites (tertiary alicyclic amines) is 1. The van der Waals surface area contributed by atoms with E-state index >= 15 is 0 Å². The number of nitriles is 1. The molecule has 3 N–H and O–H groups in total. The van der Waals surface area contributed by atoms with Gasteiger partial charge in [-0.25, -0.2) is 9.78 Å². The number of nitrogens with one attached hydrogen (secondary N) is 1. The number of rotatable bonds is 10. The van der Waals surface area contributed by atoms with Crippen LogP contribution in [0.3, 0.4) is 0 Å². The first-order chi connectivity index (χ1) is 21.7. The number of nitrogens with zero attached hydrogens (tertiary/aromatic N) is 4. The van der Waals surface area contributed by atoms with E-state index in [1.807, 2.05) is 50.2 Å². The summed E-state index contributed by atoms with van der Waals surface area (Å²) in [5.74, 6) is 0.117. The van der Waals surface area contributed by atoms with Gasteiger partial charge in [0.2, 0.25) is 17.7 Å². The minimum atomic E-state index is -0.555. The third-order valence-electron chi connectivity index (χ3n) is 7.82. The lowest BCUT2D eigenvalue weighted by molar-refractivity contribution is 0.0522. The fraction of sp³-hybridized carbons (Fsp3) is 0.286. The SMILES string of the molecule is CCOC(=O)c1cnc(NC2CCN(Cc3ccc(C(N)=O)cc3)CC2)nc1Oc1c(C)cc(-c2ccc(C#N)cc2)cc1C. The Bertz CT molecular complexity index is 1700. The van der Waals surface area contributed by atoms with Crippen molar-refractivity contribution in [2.75, 3.05) is 25.0 Å². The molecule has 1 aliphatic heterocycles. The van der Waals surface area contributed by atoms with Crippen molar-refractivity contribution in [2.24, 2.45) is 5.73 Å². The molecule has 5 rings (SSSR count). The number of primary amides is 1. The van der Waals surface area contributed by atoms with Gasteiger partial charge in [-0.15, -0.1) is 0 Å². The molecule has 4 aromatic rings. The highest BCUT2D eigenvalue weighted by Crippen LogP contribution is 2.34. The van der Waals surface area contributed by atoms with Gasteiger partial charge in [-0.1, -0.05) is 24.3 Å². The first-order valence-corrected chi connectivity index (χ1v) is 15.0. The number of esters is 1. The summed E-state index contributed by atoms with van der Waals surface area (Å²) in [6, 6.07) is 21.1. The molecule has 1 aliphatic rings. The smallest absolute Gasteiger partial charge is 0.345 e. The number of aromatic nitrogens is 2. The zero-order valence-corrected chi connectivity index (χ0v) is 25.7. The highest BCUT2D eigenvalue weighted by molar-refractivity contribution is 5.93. The molecule has 0 aliphatic carbocycles. The van der Waals surface area contributed by atoms with Gasteiger partial charge in [-0.05, 0) is 97.8 Å². The zero-order valence-electron chi connectivity index (χ0n) is 25.7. The number of hydrogen-bond acceptors (Lipinski definition) is 9. The van der Waals surface area contributed by atoms with Crippen LogP contribution in [0.2, 0.25) is 0 Å². The van der Waals surface area contributed by atoms with Crippen molar-refractivity contribution < 1.29 is 19.1 Å². The summed E-state index contributed by atoms with van der Waals surface area (Å²) in [6.45, 7) is 8.39. The molecule has 45 heavy (non-hydrogen) atoms. The van der Waals surface area contributed by atoms with E-state index in [0.717, 1.165) is 60.3 Å². The van der Waals surface area contributed by atoms with Crippen LogP contribution in [0.25, 0.3) is 11.1 Å². The fourth-order valence-corrected chi connectivity index (χ4v) is 5.42. The van der Waals surface area contributed by atoms with Gasteiger partial charge in [0.25, 0.3) is 0 Å². The molecule has 10 nitrogen and oxygen atoms in total. The first kappa shape index (κ1) is 31.2. The molecule has 1 aromatic heterocycles. The molecule has 1 fully saturated rings. The molecule has 3 aromatic carbocycles. The number of amides is 1. The van der Waals surface area contributed by atoms with Crippen LogP contribution in [0.4, 0.5) is 5.95 Å². The van der Waals surface area contributed by atoms with Gasteiger partial charge in [0.05, 0.1) is 24.4 Å². The molecule has 0 radical (unpaired) electrons. The van der Waals surface area contributed by atoms with Crippen LogP contribution in [0, 0.1) is 25.2 Å². The molecule has 10 heteroatoms. The average Bonchev–Trinajstić information content (AvgIpc) is 3.04. The number of benzene rings is 3. The lowest BCUT2D eigenvalue weighted by Crippen LogP contribution is -2.39. The van der Waals surface area contributed by atoms with E-state index in [9.17, 15) is 9.59 Å². The van der Waals surface area contributed by atoms with Crippen LogP contribution >= 0.6 is 0 Å². The third-order valence-corrected chi connectivity index (χ3v) is 7.82. The molecule has 1 amide bonds. The van der Waals surface area contributed by atoms with E-state index in [1.165, 1.54) is 6.20 Å². The van der Waals surface area contributed by atoms with Gasteiger partial charge >= 0.3 is 5.97 Å². The van der Waals surface area contributed by atoms with Crippen molar-refractivity contribution in [1.82, 2.24) is 14.9 Å². The van der Waals surface area contributed by atoms with Gasteiger partial charge < -0.3 is 20.5 Å². The number of carbonyl (C=O) groups excluding carboxylic acids is 2. The Morgan fingerprint density at radius 2 is 1.69 bits per heavy atom. The summed E-state index contributed by atoms with van der Waals surface area (Å²) in [7, 11) is 0. The normalized spacial score (nSPS) is 13.6. The maximum atomic E-state index is 12.8. The lowest BCUT2D eigenvalue weighted by Gasteiger charge is -2.32. The second-order valence-corrected chi connectivity index (χ2v) is 11.1. The molecule has 0 saturated carbocycles. The summed E-state index contributed by atoms with van der Waals surface area (Å²) < 4.78 is 11.6. The number of hydrogen-bond donors (Lipinski definition) is 2. The number of carbonyl (C=O) groups is 2. The van der Waals surface area contributed by atoms with Crippen LogP contribution < -0.4 is 15.8 Å². The quantitative estimate of drug-likeness (QED) is 0.215. The van der Waals surface area contributed by atoms with Crippen LogP contribution in [0.5, 0.6) is 11.6 Å². The Morgan fingerprint density at radius 1 is 1.02 bits per heavy atom. The molecule has 0 bridgehead atoms. The van der Waals surface area contributed by atoms with Crippen molar-refractivity contribution in [3.05, 3.63) is 100 Å². The molecular weight excluding hydrogens is 568 g/mol. The Balaban J connectivity index is 1.29. The maximum absolute atomic E-state index is 12.8. The second kappa shape index (κ2) is 14.0. The van der Waals surface area contributed by atoms with E-state index < -0.39 is 11.9 Å². The van der Waals surface area contributed by atoms with Crippen LogP contribution in [-0.2, 0) is 11.3 Å². The van der Waals surface area contributed by atoms with Gasteiger partial charge in [-0.2, -0.15) is 10.2 Å². The van der Waals surface area contributed by atoms with Gasteiger partial charge in [0.15, 0.2) is 0 Å². The van der Waals surface area contributed by atoms with E-state index in [-0.39, 0.29) is 24.1 Å². The van der Waals surface area contributed by atoms with Crippen molar-refractivity contribution >= 4 is 17.8 Å². The summed E-state index contributed by atoms with van der Waals surface area (Å²) in [5.41, 5.74) is 11.4. The standard InChI is InChI=1S/C35H36N6O4/c1-4-44-34(43)30-20-38-35(39-29-13-15-41(16-14-29)21-25-7-11-27(12-8-25)32(37)42)40-33(30)45-31-22(2)17-28(18-23(31)3)26-9-5-24(19-36)6-10-26/h5-12,17-18,20,29H,4,13-16,21H2,1-3H3,(H2,37,42)(H,38,39,40). The highest BCUT2D eigenvalue weighted by Gasteiger charge is 2.23. The highest BCUT2D eigenvalue weighted by atomic mass is 16.5. The molecular formula is C35H36N6O4. The van der Waals surface area contributed by atoms with Crippen molar-refractivity contribution in [3.8, 4) is 28.8 Å². The van der Waals surface area contributed by atoms with E-state index in [0.29, 0.717) is 22.8 Å². The number of ether oxygens (including phenoxy) is 2. The number of anilines is 1. The molecule has 2 heterocycles. The summed E-state index contributed by atoms with van der Waals surface area (Å²) in [5, 5.41) is 12.5. The second-order valence-electron chi connectivity index (χ2n) is 11.1.